The third-order valence-corrected chi connectivity index (χ3v) is 11.4. The Balaban J connectivity index is 1.33. The van der Waals surface area contributed by atoms with Crippen LogP contribution >= 0.6 is 23.5 Å². The molecule has 0 amide bonds. The predicted octanol–water partition coefficient (Wildman–Crippen LogP) is 6.10. The first-order valence-corrected chi connectivity index (χ1v) is 17.0. The average molecular weight is 587 g/mol. The Bertz CT molecular complexity index is 1310. The van der Waals surface area contributed by atoms with Crippen LogP contribution in [0, 0.1) is 34.4 Å². The maximum Gasteiger partial charge on any atom is 0.339 e. The molecular formula is C31H39FN2O4S2. The number of aliphatic hydroxyl groups excluding tert-OH is 1. The molecule has 6 nitrogen and oxygen atoms in total. The van der Waals surface area contributed by atoms with Crippen molar-refractivity contribution in [1.29, 1.82) is 0 Å². The van der Waals surface area contributed by atoms with Crippen LogP contribution < -0.4 is 0 Å². The zero-order chi connectivity index (χ0) is 28.3. The number of halogens is 1. The number of carbonyl (C=O) groups excluding carboxylic acids is 1. The van der Waals surface area contributed by atoms with Crippen LogP contribution in [-0.2, 0) is 20.7 Å². The first-order valence-electron chi connectivity index (χ1n) is 14.2. The number of carbonyl (C=O) groups is 1. The summed E-state index contributed by atoms with van der Waals surface area (Å²) in [5.74, 6) is 0.838. The molecule has 4 aliphatic rings. The van der Waals surface area contributed by atoms with Gasteiger partial charge in [0.2, 0.25) is 0 Å². The predicted molar refractivity (Wildman–Crippen MR) is 158 cm³/mol. The van der Waals surface area contributed by atoms with Crippen molar-refractivity contribution < 1.29 is 23.8 Å². The van der Waals surface area contributed by atoms with E-state index in [0.29, 0.717) is 24.7 Å². The summed E-state index contributed by atoms with van der Waals surface area (Å²) >= 11 is 3.05. The van der Waals surface area contributed by atoms with Crippen LogP contribution in [0.1, 0.15) is 57.2 Å². The monoisotopic (exact) mass is 586 g/mol. The standard InChI is InChI=1S/C31H39FN2O4S2/c1-29-14-19-16-33-34(22-8-6-21(32)7-9-22)25(19)13-20(29)5-10-23-24-11-12-31(38-18-40-4,28(36)37-17-39-3)30(24,2)15-26(35)27(23)29/h6-9,13,16,23-24,26-27,35H,5,10-12,14-15,17-18H2,1-4H3/t23-,24-,26-,27+,29-,30-,31-/m0/s1. The van der Waals surface area contributed by atoms with Crippen molar-refractivity contribution in [2.24, 2.45) is 28.6 Å². The Morgan fingerprint density at radius 3 is 2.65 bits per heavy atom. The van der Waals surface area contributed by atoms with E-state index >= 15 is 0 Å². The lowest BCUT2D eigenvalue weighted by atomic mass is 9.45. The highest BCUT2D eigenvalue weighted by Crippen LogP contribution is 2.68. The number of fused-ring (bicyclic) bond motifs is 6. The minimum absolute atomic E-state index is 0.0893. The zero-order valence-electron chi connectivity index (χ0n) is 23.7. The van der Waals surface area contributed by atoms with Gasteiger partial charge >= 0.3 is 5.97 Å². The highest BCUT2D eigenvalue weighted by atomic mass is 32.2. The van der Waals surface area contributed by atoms with Crippen molar-refractivity contribution in [2.75, 3.05) is 24.4 Å². The van der Waals surface area contributed by atoms with Crippen molar-refractivity contribution in [1.82, 2.24) is 9.78 Å². The van der Waals surface area contributed by atoms with E-state index in [9.17, 15) is 14.3 Å². The van der Waals surface area contributed by atoms with E-state index in [1.165, 1.54) is 29.5 Å². The van der Waals surface area contributed by atoms with Gasteiger partial charge in [-0.3, -0.25) is 0 Å². The molecule has 216 valence electrons. The van der Waals surface area contributed by atoms with Crippen molar-refractivity contribution in [2.45, 2.75) is 64.1 Å². The van der Waals surface area contributed by atoms with Gasteiger partial charge in [-0.05, 0) is 110 Å². The highest BCUT2D eigenvalue weighted by Gasteiger charge is 2.70. The number of benzene rings is 1. The molecule has 0 aliphatic heterocycles. The molecule has 0 radical (unpaired) electrons. The first kappa shape index (κ1) is 28.3. The maximum atomic E-state index is 13.6. The lowest BCUT2D eigenvalue weighted by molar-refractivity contribution is -0.205. The number of hydrogen-bond acceptors (Lipinski definition) is 7. The molecule has 7 atom stereocenters. The molecule has 2 aromatic rings. The summed E-state index contributed by atoms with van der Waals surface area (Å²) in [6.45, 7) is 4.49. The van der Waals surface area contributed by atoms with E-state index in [1.807, 2.05) is 23.4 Å². The van der Waals surface area contributed by atoms with Crippen LogP contribution in [0.15, 0.2) is 36.0 Å². The molecule has 0 spiro atoms. The molecule has 1 aromatic heterocycles. The van der Waals surface area contributed by atoms with E-state index in [2.05, 4.69) is 25.0 Å². The molecule has 0 bridgehead atoms. The van der Waals surface area contributed by atoms with Crippen molar-refractivity contribution in [3.63, 3.8) is 0 Å². The van der Waals surface area contributed by atoms with Gasteiger partial charge in [0.25, 0.3) is 0 Å². The van der Waals surface area contributed by atoms with Gasteiger partial charge in [-0.2, -0.15) is 5.10 Å². The number of aliphatic hydroxyl groups is 1. The van der Waals surface area contributed by atoms with E-state index < -0.39 is 17.1 Å². The largest absolute Gasteiger partial charge is 0.452 e. The summed E-state index contributed by atoms with van der Waals surface area (Å²) in [5, 5.41) is 16.7. The lowest BCUT2D eigenvalue weighted by Crippen LogP contribution is -2.62. The van der Waals surface area contributed by atoms with E-state index in [1.54, 1.807) is 23.9 Å². The molecule has 0 unspecified atom stereocenters. The number of nitrogens with zero attached hydrogens (tertiary/aromatic N) is 2. The van der Waals surface area contributed by atoms with Gasteiger partial charge in [0.05, 0.1) is 29.6 Å². The van der Waals surface area contributed by atoms with Crippen LogP contribution in [0.4, 0.5) is 4.39 Å². The third kappa shape index (κ3) is 4.13. The fraction of sp³-hybridized carbons (Fsp3) is 0.613. The Hall–Kier alpha value is -1.81. The molecule has 9 heteroatoms. The quantitative estimate of drug-likeness (QED) is 0.310. The van der Waals surface area contributed by atoms with Gasteiger partial charge in [0.1, 0.15) is 11.8 Å². The number of ether oxygens (including phenoxy) is 2. The number of hydrogen-bond donors (Lipinski definition) is 1. The molecule has 3 saturated carbocycles. The van der Waals surface area contributed by atoms with E-state index in [0.717, 1.165) is 42.6 Å². The maximum absolute atomic E-state index is 13.6. The highest BCUT2D eigenvalue weighted by molar-refractivity contribution is 7.98. The number of allylic oxidation sites excluding steroid dienone is 1. The Kier molecular flexibility index (Phi) is 7.42. The molecule has 6 rings (SSSR count). The van der Waals surface area contributed by atoms with Gasteiger partial charge in [-0.1, -0.05) is 19.4 Å². The molecule has 4 aliphatic carbocycles. The van der Waals surface area contributed by atoms with E-state index in [4.69, 9.17) is 9.47 Å². The molecular weight excluding hydrogens is 547 g/mol. The first-order chi connectivity index (χ1) is 19.2. The number of aromatic nitrogens is 2. The van der Waals surface area contributed by atoms with Crippen molar-refractivity contribution in [3.8, 4) is 5.69 Å². The van der Waals surface area contributed by atoms with Gasteiger partial charge in [0, 0.05) is 5.41 Å². The second kappa shape index (κ2) is 10.5. The Morgan fingerprint density at radius 1 is 1.18 bits per heavy atom. The van der Waals surface area contributed by atoms with Crippen LogP contribution in [0.2, 0.25) is 0 Å². The van der Waals surface area contributed by atoms with Gasteiger partial charge in [-0.15, -0.1) is 23.5 Å². The summed E-state index contributed by atoms with van der Waals surface area (Å²) in [6, 6.07) is 6.44. The SMILES string of the molecule is CSCOC(=O)[C@@]1(OCSC)CC[C@H]2[C@@H]3CCC4=Cc5c(cnn5-c5ccc(F)cc5)C[C@]4(C)[C@H]3[C@@H](O)C[C@@]21C. The second-order valence-corrected chi connectivity index (χ2v) is 14.1. The summed E-state index contributed by atoms with van der Waals surface area (Å²) < 4.78 is 27.6. The second-order valence-electron chi connectivity index (χ2n) is 12.5. The number of thioether (sulfide) groups is 2. The topological polar surface area (TPSA) is 73.6 Å². The molecule has 1 aromatic carbocycles. The minimum Gasteiger partial charge on any atom is -0.452 e. The summed E-state index contributed by atoms with van der Waals surface area (Å²) in [5.41, 5.74) is 2.68. The fourth-order valence-corrected chi connectivity index (χ4v) is 9.52. The van der Waals surface area contributed by atoms with Gasteiger partial charge < -0.3 is 14.6 Å². The van der Waals surface area contributed by atoms with Crippen LogP contribution in [0.5, 0.6) is 0 Å². The number of rotatable bonds is 7. The smallest absolute Gasteiger partial charge is 0.339 e. The normalized spacial score (nSPS) is 36.2. The summed E-state index contributed by atoms with van der Waals surface area (Å²) in [7, 11) is 0. The molecule has 40 heavy (non-hydrogen) atoms. The summed E-state index contributed by atoms with van der Waals surface area (Å²) in [4.78, 5) is 13.6. The van der Waals surface area contributed by atoms with Crippen LogP contribution in [-0.4, -0.2) is 57.0 Å². The molecule has 1 N–H and O–H groups in total. The lowest BCUT2D eigenvalue weighted by Gasteiger charge is -2.60. The Morgan fingerprint density at radius 2 is 1.93 bits per heavy atom. The zero-order valence-corrected chi connectivity index (χ0v) is 25.3. The van der Waals surface area contributed by atoms with Crippen molar-refractivity contribution >= 4 is 35.6 Å². The molecule has 3 fully saturated rings. The molecule has 1 heterocycles. The van der Waals surface area contributed by atoms with Crippen LogP contribution in [0.25, 0.3) is 11.8 Å². The van der Waals surface area contributed by atoms with Gasteiger partial charge in [0.15, 0.2) is 5.60 Å². The van der Waals surface area contributed by atoms with Crippen molar-refractivity contribution in [3.05, 3.63) is 53.1 Å². The Labute approximate surface area is 244 Å². The van der Waals surface area contributed by atoms with Gasteiger partial charge in [-0.25, -0.2) is 13.9 Å². The van der Waals surface area contributed by atoms with E-state index in [-0.39, 0.29) is 35.0 Å². The summed E-state index contributed by atoms with van der Waals surface area (Å²) in [6.07, 6.45) is 12.3. The van der Waals surface area contributed by atoms with Crippen LogP contribution in [0.3, 0.4) is 0 Å². The fourth-order valence-electron chi connectivity index (χ4n) is 8.98. The molecule has 0 saturated heterocycles. The minimum atomic E-state index is -1.03. The average Bonchev–Trinajstić information content (AvgIpc) is 3.46. The third-order valence-electron chi connectivity index (χ3n) is 10.7. The number of esters is 1.